The molecule has 0 radical (unpaired) electrons. The molecule has 1 aliphatic heterocycles. The summed E-state index contributed by atoms with van der Waals surface area (Å²) in [6.45, 7) is 4.92. The number of nitrogens with two attached hydrogens (primary N) is 1. The van der Waals surface area contributed by atoms with E-state index in [9.17, 15) is 9.90 Å². The second-order valence-electron chi connectivity index (χ2n) is 6.73. The normalized spacial score (nSPS) is 21.1. The van der Waals surface area contributed by atoms with E-state index in [1.807, 2.05) is 35.2 Å². The second kappa shape index (κ2) is 7.75. The van der Waals surface area contributed by atoms with Crippen molar-refractivity contribution in [2.45, 2.75) is 57.7 Å². The zero-order chi connectivity index (χ0) is 16.1. The Morgan fingerprint density at radius 2 is 2.05 bits per heavy atom. The fourth-order valence-electron chi connectivity index (χ4n) is 3.26. The first kappa shape index (κ1) is 17.0. The summed E-state index contributed by atoms with van der Waals surface area (Å²) >= 11 is 0. The molecule has 4 nitrogen and oxygen atoms in total. The van der Waals surface area contributed by atoms with Crippen molar-refractivity contribution in [2.24, 2.45) is 11.7 Å². The van der Waals surface area contributed by atoms with Gasteiger partial charge >= 0.3 is 0 Å². The van der Waals surface area contributed by atoms with E-state index >= 15 is 0 Å². The van der Waals surface area contributed by atoms with Gasteiger partial charge in [-0.1, -0.05) is 44.2 Å². The summed E-state index contributed by atoms with van der Waals surface area (Å²) in [5, 5.41) is 10.4. The number of nitrogens with zero attached hydrogens (tertiary/aromatic N) is 1. The van der Waals surface area contributed by atoms with Crippen LogP contribution in [0.2, 0.25) is 0 Å². The molecule has 1 heterocycles. The van der Waals surface area contributed by atoms with Crippen molar-refractivity contribution in [1.82, 2.24) is 4.90 Å². The third-order valence-corrected chi connectivity index (χ3v) is 4.38. The number of hydrogen-bond donors (Lipinski definition) is 2. The second-order valence-corrected chi connectivity index (χ2v) is 6.73. The van der Waals surface area contributed by atoms with Crippen molar-refractivity contribution >= 4 is 5.91 Å². The van der Waals surface area contributed by atoms with E-state index < -0.39 is 12.1 Å². The third kappa shape index (κ3) is 4.31. The Morgan fingerprint density at radius 3 is 2.68 bits per heavy atom. The van der Waals surface area contributed by atoms with E-state index in [4.69, 9.17) is 5.73 Å². The summed E-state index contributed by atoms with van der Waals surface area (Å²) < 4.78 is 0. The summed E-state index contributed by atoms with van der Waals surface area (Å²) in [5.74, 6) is 0.450. The van der Waals surface area contributed by atoms with Crippen LogP contribution in [0, 0.1) is 5.92 Å². The SMILES string of the molecule is CC(C)CC(N)C(=O)N1CCCC1CC(O)c1ccccc1. The van der Waals surface area contributed by atoms with Crippen LogP contribution in [0.25, 0.3) is 0 Å². The van der Waals surface area contributed by atoms with Crippen molar-refractivity contribution in [3.05, 3.63) is 35.9 Å². The maximum Gasteiger partial charge on any atom is 0.239 e. The summed E-state index contributed by atoms with van der Waals surface area (Å²) in [7, 11) is 0. The van der Waals surface area contributed by atoms with Crippen LogP contribution in [0.15, 0.2) is 30.3 Å². The molecule has 0 aliphatic carbocycles. The van der Waals surface area contributed by atoms with Crippen molar-refractivity contribution < 1.29 is 9.90 Å². The first-order valence-electron chi connectivity index (χ1n) is 8.28. The molecule has 122 valence electrons. The highest BCUT2D eigenvalue weighted by molar-refractivity contribution is 5.82. The van der Waals surface area contributed by atoms with Crippen molar-refractivity contribution in [1.29, 1.82) is 0 Å². The number of carbonyl (C=O) groups is 1. The van der Waals surface area contributed by atoms with Gasteiger partial charge in [-0.3, -0.25) is 4.79 Å². The average molecular weight is 304 g/mol. The molecular formula is C18H28N2O2. The van der Waals surface area contributed by atoms with E-state index in [0.29, 0.717) is 18.8 Å². The highest BCUT2D eigenvalue weighted by Crippen LogP contribution is 2.28. The molecule has 1 aromatic carbocycles. The summed E-state index contributed by atoms with van der Waals surface area (Å²) in [4.78, 5) is 14.4. The molecule has 1 fully saturated rings. The first-order chi connectivity index (χ1) is 10.5. The summed E-state index contributed by atoms with van der Waals surface area (Å²) in [5.41, 5.74) is 6.96. The molecule has 0 saturated carbocycles. The predicted molar refractivity (Wildman–Crippen MR) is 88.2 cm³/mol. The fraction of sp³-hybridized carbons (Fsp3) is 0.611. The van der Waals surface area contributed by atoms with E-state index in [2.05, 4.69) is 13.8 Å². The lowest BCUT2D eigenvalue weighted by molar-refractivity contribution is -0.134. The van der Waals surface area contributed by atoms with E-state index in [0.717, 1.165) is 24.9 Å². The van der Waals surface area contributed by atoms with Gasteiger partial charge in [0.05, 0.1) is 12.1 Å². The first-order valence-corrected chi connectivity index (χ1v) is 8.28. The summed E-state index contributed by atoms with van der Waals surface area (Å²) in [6.07, 6.45) is 2.71. The Kier molecular flexibility index (Phi) is 5.98. The number of rotatable bonds is 6. The largest absolute Gasteiger partial charge is 0.388 e. The Labute approximate surface area is 133 Å². The molecule has 4 heteroatoms. The zero-order valence-electron chi connectivity index (χ0n) is 13.6. The summed E-state index contributed by atoms with van der Waals surface area (Å²) in [6, 6.07) is 9.32. The number of likely N-dealkylation sites (tertiary alicyclic amines) is 1. The third-order valence-electron chi connectivity index (χ3n) is 4.38. The van der Waals surface area contributed by atoms with Gasteiger partial charge in [0.15, 0.2) is 0 Å². The number of carbonyl (C=O) groups excluding carboxylic acids is 1. The molecule has 3 unspecified atom stereocenters. The van der Waals surface area contributed by atoms with Crippen molar-refractivity contribution in [3.8, 4) is 0 Å². The topological polar surface area (TPSA) is 66.6 Å². The Bertz CT molecular complexity index is 475. The maximum absolute atomic E-state index is 12.5. The number of amides is 1. The Morgan fingerprint density at radius 1 is 1.36 bits per heavy atom. The molecule has 1 aliphatic rings. The molecule has 3 N–H and O–H groups in total. The molecule has 1 amide bonds. The van der Waals surface area contributed by atoms with Gasteiger partial charge in [0.2, 0.25) is 5.91 Å². The van der Waals surface area contributed by atoms with Gasteiger partial charge in [-0.05, 0) is 37.2 Å². The van der Waals surface area contributed by atoms with Gasteiger partial charge in [0.25, 0.3) is 0 Å². The highest BCUT2D eigenvalue weighted by atomic mass is 16.3. The fourth-order valence-corrected chi connectivity index (χ4v) is 3.26. The smallest absolute Gasteiger partial charge is 0.239 e. The van der Waals surface area contributed by atoms with Crippen LogP contribution < -0.4 is 5.73 Å². The van der Waals surface area contributed by atoms with Gasteiger partial charge in [-0.2, -0.15) is 0 Å². The average Bonchev–Trinajstić information content (AvgIpc) is 2.94. The number of benzene rings is 1. The van der Waals surface area contributed by atoms with Gasteiger partial charge in [-0.15, -0.1) is 0 Å². The molecule has 3 atom stereocenters. The van der Waals surface area contributed by atoms with E-state index in [1.165, 1.54) is 0 Å². The van der Waals surface area contributed by atoms with Gasteiger partial charge in [-0.25, -0.2) is 0 Å². The van der Waals surface area contributed by atoms with Crippen LogP contribution in [-0.4, -0.2) is 34.5 Å². The standard InChI is InChI=1S/C18H28N2O2/c1-13(2)11-16(19)18(22)20-10-6-9-15(20)12-17(21)14-7-4-3-5-8-14/h3-5,7-8,13,15-17,21H,6,9-12,19H2,1-2H3. The van der Waals surface area contributed by atoms with Gasteiger partial charge in [0, 0.05) is 12.6 Å². The van der Waals surface area contributed by atoms with Crippen LogP contribution in [0.4, 0.5) is 0 Å². The molecule has 2 rings (SSSR count). The lowest BCUT2D eigenvalue weighted by atomic mass is 9.99. The quantitative estimate of drug-likeness (QED) is 0.848. The molecular weight excluding hydrogens is 276 g/mol. The van der Waals surface area contributed by atoms with Crippen molar-refractivity contribution in [3.63, 3.8) is 0 Å². The minimum Gasteiger partial charge on any atom is -0.388 e. The lowest BCUT2D eigenvalue weighted by Crippen LogP contribution is -2.46. The van der Waals surface area contributed by atoms with Crippen LogP contribution in [0.3, 0.4) is 0 Å². The van der Waals surface area contributed by atoms with Gasteiger partial charge in [0.1, 0.15) is 0 Å². The van der Waals surface area contributed by atoms with Crippen molar-refractivity contribution in [2.75, 3.05) is 6.54 Å². The Balaban J connectivity index is 1.97. The Hall–Kier alpha value is -1.39. The molecule has 0 aromatic heterocycles. The van der Waals surface area contributed by atoms with Crippen LogP contribution in [0.1, 0.15) is 51.2 Å². The van der Waals surface area contributed by atoms with Crippen LogP contribution in [-0.2, 0) is 4.79 Å². The molecule has 0 spiro atoms. The number of aliphatic hydroxyl groups excluding tert-OH is 1. The minimum atomic E-state index is -0.527. The molecule has 1 saturated heterocycles. The van der Waals surface area contributed by atoms with Crippen LogP contribution >= 0.6 is 0 Å². The molecule has 1 aromatic rings. The minimum absolute atomic E-state index is 0.0384. The number of hydrogen-bond acceptors (Lipinski definition) is 3. The maximum atomic E-state index is 12.5. The van der Waals surface area contributed by atoms with E-state index in [1.54, 1.807) is 0 Å². The highest BCUT2D eigenvalue weighted by Gasteiger charge is 2.33. The van der Waals surface area contributed by atoms with Gasteiger partial charge < -0.3 is 15.7 Å². The molecule has 22 heavy (non-hydrogen) atoms. The lowest BCUT2D eigenvalue weighted by Gasteiger charge is -2.29. The predicted octanol–water partition coefficient (Wildman–Crippen LogP) is 2.47. The zero-order valence-corrected chi connectivity index (χ0v) is 13.6. The number of aliphatic hydroxyl groups is 1. The monoisotopic (exact) mass is 304 g/mol. The van der Waals surface area contributed by atoms with E-state index in [-0.39, 0.29) is 11.9 Å². The van der Waals surface area contributed by atoms with Crippen LogP contribution in [0.5, 0.6) is 0 Å². The molecule has 0 bridgehead atoms.